The number of carbonyl (C=O) groups is 1. The van der Waals surface area contributed by atoms with E-state index in [-0.39, 0.29) is 11.3 Å². The molecule has 1 fully saturated rings. The zero-order valence-electron chi connectivity index (χ0n) is 10.8. The molecule has 0 saturated carbocycles. The van der Waals surface area contributed by atoms with Gasteiger partial charge in [0, 0.05) is 24.7 Å². The second-order valence-corrected chi connectivity index (χ2v) is 5.02. The number of nitrogens with two attached hydrogens (primary N) is 1. The third-order valence-electron chi connectivity index (χ3n) is 3.45. The molecule has 0 aromatic heterocycles. The lowest BCUT2D eigenvalue weighted by Crippen LogP contribution is -2.34. The number of amides is 1. The van der Waals surface area contributed by atoms with Crippen molar-refractivity contribution in [2.75, 3.05) is 18.0 Å². The van der Waals surface area contributed by atoms with Crippen molar-refractivity contribution in [3.8, 4) is 0 Å². The lowest BCUT2D eigenvalue weighted by atomic mass is 9.99. The van der Waals surface area contributed by atoms with Crippen LogP contribution in [-0.4, -0.2) is 23.9 Å². The van der Waals surface area contributed by atoms with Crippen LogP contribution in [0.5, 0.6) is 0 Å². The summed E-state index contributed by atoms with van der Waals surface area (Å²) in [7, 11) is 0. The average Bonchev–Trinajstić information content (AvgIpc) is 2.37. The first kappa shape index (κ1) is 13.3. The normalized spacial score (nSPS) is 19.2. The number of benzene rings is 1. The number of nitro groups is 1. The Morgan fingerprint density at radius 3 is 2.84 bits per heavy atom. The predicted octanol–water partition coefficient (Wildman–Crippen LogP) is 1.93. The van der Waals surface area contributed by atoms with Crippen LogP contribution >= 0.6 is 0 Å². The van der Waals surface area contributed by atoms with Crippen molar-refractivity contribution >= 4 is 17.3 Å². The number of primary amides is 1. The fourth-order valence-electron chi connectivity index (χ4n) is 2.50. The minimum atomic E-state index is -0.651. The lowest BCUT2D eigenvalue weighted by Gasteiger charge is -2.32. The molecule has 0 aliphatic carbocycles. The van der Waals surface area contributed by atoms with E-state index in [0.29, 0.717) is 11.6 Å². The zero-order chi connectivity index (χ0) is 14.0. The number of piperidine rings is 1. The molecule has 1 saturated heterocycles. The zero-order valence-corrected chi connectivity index (χ0v) is 10.8. The molecule has 19 heavy (non-hydrogen) atoms. The van der Waals surface area contributed by atoms with E-state index in [2.05, 4.69) is 6.92 Å². The maximum Gasteiger partial charge on any atom is 0.293 e. The first-order valence-electron chi connectivity index (χ1n) is 6.32. The van der Waals surface area contributed by atoms with Crippen LogP contribution in [0.15, 0.2) is 18.2 Å². The molecule has 6 heteroatoms. The maximum absolute atomic E-state index is 11.1. The molecule has 0 radical (unpaired) electrons. The second-order valence-electron chi connectivity index (χ2n) is 5.02. The lowest BCUT2D eigenvalue weighted by molar-refractivity contribution is -0.384. The van der Waals surface area contributed by atoms with Crippen molar-refractivity contribution in [3.63, 3.8) is 0 Å². The molecule has 1 aliphatic rings. The van der Waals surface area contributed by atoms with Crippen LogP contribution in [0.4, 0.5) is 11.4 Å². The Balaban J connectivity index is 2.38. The third-order valence-corrected chi connectivity index (χ3v) is 3.45. The van der Waals surface area contributed by atoms with E-state index in [1.807, 2.05) is 4.90 Å². The highest BCUT2D eigenvalue weighted by atomic mass is 16.6. The number of nitro benzene ring substituents is 1. The molecule has 0 spiro atoms. The van der Waals surface area contributed by atoms with Gasteiger partial charge in [0.15, 0.2) is 0 Å². The first-order chi connectivity index (χ1) is 8.99. The van der Waals surface area contributed by atoms with Gasteiger partial charge in [-0.15, -0.1) is 0 Å². The first-order valence-corrected chi connectivity index (χ1v) is 6.32. The van der Waals surface area contributed by atoms with E-state index < -0.39 is 10.8 Å². The number of rotatable bonds is 3. The fraction of sp³-hybridized carbons (Fsp3) is 0.462. The number of carbonyl (C=O) groups excluding carboxylic acids is 1. The molecule has 1 amide bonds. The molecule has 2 N–H and O–H groups in total. The maximum atomic E-state index is 11.1. The molecule has 0 unspecified atom stereocenters. The van der Waals surface area contributed by atoms with Gasteiger partial charge in [0.1, 0.15) is 5.69 Å². The fourth-order valence-corrected chi connectivity index (χ4v) is 2.50. The molecule has 102 valence electrons. The minimum Gasteiger partial charge on any atom is -0.366 e. The summed E-state index contributed by atoms with van der Waals surface area (Å²) in [4.78, 5) is 23.8. The van der Waals surface area contributed by atoms with E-state index in [0.717, 1.165) is 25.9 Å². The number of hydrogen-bond acceptors (Lipinski definition) is 4. The summed E-state index contributed by atoms with van der Waals surface area (Å²) in [5, 5.41) is 11.1. The van der Waals surface area contributed by atoms with Crippen LogP contribution in [0.3, 0.4) is 0 Å². The summed E-state index contributed by atoms with van der Waals surface area (Å²) in [5.41, 5.74) is 5.85. The van der Waals surface area contributed by atoms with Gasteiger partial charge in [0.25, 0.3) is 5.69 Å². The van der Waals surface area contributed by atoms with Crippen molar-refractivity contribution in [3.05, 3.63) is 33.9 Å². The van der Waals surface area contributed by atoms with Crippen molar-refractivity contribution in [1.29, 1.82) is 0 Å². The second kappa shape index (κ2) is 5.26. The van der Waals surface area contributed by atoms with Crippen LogP contribution in [-0.2, 0) is 0 Å². The van der Waals surface area contributed by atoms with E-state index >= 15 is 0 Å². The molecular weight excluding hydrogens is 246 g/mol. The van der Waals surface area contributed by atoms with E-state index in [1.54, 1.807) is 12.1 Å². The summed E-state index contributed by atoms with van der Waals surface area (Å²) >= 11 is 0. The highest BCUT2D eigenvalue weighted by Gasteiger charge is 2.24. The number of hydrogen-bond donors (Lipinski definition) is 1. The van der Waals surface area contributed by atoms with Crippen molar-refractivity contribution in [1.82, 2.24) is 0 Å². The molecule has 1 aromatic rings. The largest absolute Gasteiger partial charge is 0.366 e. The van der Waals surface area contributed by atoms with Gasteiger partial charge < -0.3 is 10.6 Å². The van der Waals surface area contributed by atoms with Crippen molar-refractivity contribution in [2.45, 2.75) is 19.8 Å². The Labute approximate surface area is 111 Å². The number of anilines is 1. The van der Waals surface area contributed by atoms with Crippen molar-refractivity contribution in [2.24, 2.45) is 11.7 Å². The monoisotopic (exact) mass is 263 g/mol. The Morgan fingerprint density at radius 1 is 1.53 bits per heavy atom. The van der Waals surface area contributed by atoms with Crippen molar-refractivity contribution < 1.29 is 9.72 Å². The molecule has 0 bridgehead atoms. The van der Waals surface area contributed by atoms with Crippen LogP contribution < -0.4 is 10.6 Å². The SMILES string of the molecule is C[C@H]1CCCN(c2ccc(C(N)=O)cc2[N+](=O)[O-])C1. The molecule has 1 aliphatic heterocycles. The van der Waals surface area contributed by atoms with Gasteiger partial charge >= 0.3 is 0 Å². The van der Waals surface area contributed by atoms with E-state index in [1.165, 1.54) is 6.07 Å². The van der Waals surface area contributed by atoms with Gasteiger partial charge in [-0.05, 0) is 30.9 Å². The summed E-state index contributed by atoms with van der Waals surface area (Å²) in [6, 6.07) is 4.43. The molecule has 6 nitrogen and oxygen atoms in total. The summed E-state index contributed by atoms with van der Waals surface area (Å²) in [5.74, 6) is -0.133. The molecule has 1 atom stereocenters. The topological polar surface area (TPSA) is 89.5 Å². The smallest absolute Gasteiger partial charge is 0.293 e. The summed E-state index contributed by atoms with van der Waals surface area (Å²) in [6.45, 7) is 3.74. The Bertz CT molecular complexity index is 516. The third kappa shape index (κ3) is 2.83. The predicted molar refractivity (Wildman–Crippen MR) is 72.2 cm³/mol. The van der Waals surface area contributed by atoms with E-state index in [4.69, 9.17) is 5.73 Å². The standard InChI is InChI=1S/C13H17N3O3/c1-9-3-2-6-15(8-9)11-5-4-10(13(14)17)7-12(11)16(18)19/h4-5,7,9H,2-3,6,8H2,1H3,(H2,14,17)/t9-/m0/s1. The summed E-state index contributed by atoms with van der Waals surface area (Å²) < 4.78 is 0. The molecular formula is C13H17N3O3. The van der Waals surface area contributed by atoms with Gasteiger partial charge in [0.05, 0.1) is 4.92 Å². The summed E-state index contributed by atoms with van der Waals surface area (Å²) in [6.07, 6.45) is 2.17. The van der Waals surface area contributed by atoms with Gasteiger partial charge in [-0.3, -0.25) is 14.9 Å². The Kier molecular flexibility index (Phi) is 3.69. The van der Waals surface area contributed by atoms with Crippen LogP contribution in [0, 0.1) is 16.0 Å². The van der Waals surface area contributed by atoms with Gasteiger partial charge in [-0.1, -0.05) is 6.92 Å². The van der Waals surface area contributed by atoms with Crippen LogP contribution in [0.2, 0.25) is 0 Å². The van der Waals surface area contributed by atoms with Gasteiger partial charge in [-0.25, -0.2) is 0 Å². The van der Waals surface area contributed by atoms with Crippen LogP contribution in [0.1, 0.15) is 30.1 Å². The Morgan fingerprint density at radius 2 is 2.26 bits per heavy atom. The van der Waals surface area contributed by atoms with E-state index in [9.17, 15) is 14.9 Å². The highest BCUT2D eigenvalue weighted by Crippen LogP contribution is 2.32. The molecule has 1 aromatic carbocycles. The highest BCUT2D eigenvalue weighted by molar-refractivity contribution is 5.94. The molecule has 1 heterocycles. The minimum absolute atomic E-state index is 0.0506. The average molecular weight is 263 g/mol. The number of nitrogens with zero attached hydrogens (tertiary/aromatic N) is 2. The van der Waals surface area contributed by atoms with Gasteiger partial charge in [0.2, 0.25) is 5.91 Å². The Hall–Kier alpha value is -2.11. The van der Waals surface area contributed by atoms with Crippen LogP contribution in [0.25, 0.3) is 0 Å². The quantitative estimate of drug-likeness (QED) is 0.666. The molecule has 2 rings (SSSR count). The van der Waals surface area contributed by atoms with Gasteiger partial charge in [-0.2, -0.15) is 0 Å².